The van der Waals surface area contributed by atoms with Crippen LogP contribution >= 0.6 is 22.9 Å². The van der Waals surface area contributed by atoms with Crippen LogP contribution in [0.15, 0.2) is 18.2 Å². The van der Waals surface area contributed by atoms with E-state index in [9.17, 15) is 0 Å². The van der Waals surface area contributed by atoms with Crippen molar-refractivity contribution in [2.45, 2.75) is 33.1 Å². The van der Waals surface area contributed by atoms with Gasteiger partial charge in [0.05, 0.1) is 0 Å². The number of benzene rings is 1. The summed E-state index contributed by atoms with van der Waals surface area (Å²) in [5.41, 5.74) is 2.16. The number of aromatic nitrogens is 2. The minimum absolute atomic E-state index is 0.781. The second-order valence-electron chi connectivity index (χ2n) is 4.77. The zero-order valence-electron chi connectivity index (χ0n) is 11.9. The molecule has 2 rings (SSSR count). The zero-order chi connectivity index (χ0) is 14.4. The van der Waals surface area contributed by atoms with Crippen molar-refractivity contribution in [3.05, 3.63) is 33.8 Å². The molecule has 2 aromatic rings. The third-order valence-corrected chi connectivity index (χ3v) is 4.56. The van der Waals surface area contributed by atoms with Crippen LogP contribution < -0.4 is 5.32 Å². The molecule has 0 unspecified atom stereocenters. The Morgan fingerprint density at radius 1 is 1.25 bits per heavy atom. The molecule has 5 heteroatoms. The van der Waals surface area contributed by atoms with Gasteiger partial charge in [-0.2, -0.15) is 0 Å². The maximum absolute atomic E-state index is 6.15. The molecule has 0 spiro atoms. The van der Waals surface area contributed by atoms with E-state index in [1.165, 1.54) is 6.42 Å². The number of rotatable bonds is 7. The van der Waals surface area contributed by atoms with Crippen LogP contribution in [0.2, 0.25) is 5.02 Å². The van der Waals surface area contributed by atoms with E-state index in [1.54, 1.807) is 11.3 Å². The molecule has 0 atom stereocenters. The Hall–Kier alpha value is -0.970. The number of nitrogens with zero attached hydrogens (tertiary/aromatic N) is 2. The molecule has 0 fully saturated rings. The van der Waals surface area contributed by atoms with Crippen LogP contribution in [0, 0.1) is 6.92 Å². The molecule has 0 amide bonds. The predicted molar refractivity (Wildman–Crippen MR) is 86.6 cm³/mol. The van der Waals surface area contributed by atoms with E-state index in [1.807, 2.05) is 25.1 Å². The summed E-state index contributed by atoms with van der Waals surface area (Å²) in [6.45, 7) is 6.33. The van der Waals surface area contributed by atoms with Crippen molar-refractivity contribution in [2.75, 3.05) is 13.1 Å². The van der Waals surface area contributed by atoms with Gasteiger partial charge in [-0.05, 0) is 44.5 Å². The first-order valence-electron chi connectivity index (χ1n) is 7.01. The van der Waals surface area contributed by atoms with E-state index < -0.39 is 0 Å². The Morgan fingerprint density at radius 3 is 2.90 bits per heavy atom. The summed E-state index contributed by atoms with van der Waals surface area (Å²) >= 11 is 7.81. The van der Waals surface area contributed by atoms with E-state index in [0.29, 0.717) is 0 Å². The van der Waals surface area contributed by atoms with Crippen LogP contribution in [-0.4, -0.2) is 23.3 Å². The molecule has 0 saturated carbocycles. The monoisotopic (exact) mass is 309 g/mol. The third kappa shape index (κ3) is 4.01. The van der Waals surface area contributed by atoms with E-state index in [2.05, 4.69) is 22.4 Å². The summed E-state index contributed by atoms with van der Waals surface area (Å²) in [6, 6.07) is 5.91. The highest BCUT2D eigenvalue weighted by Gasteiger charge is 2.10. The lowest BCUT2D eigenvalue weighted by atomic mass is 10.1. The Morgan fingerprint density at radius 2 is 2.10 bits per heavy atom. The molecule has 0 aliphatic carbocycles. The molecule has 0 aliphatic rings. The largest absolute Gasteiger partial charge is 0.317 e. The summed E-state index contributed by atoms with van der Waals surface area (Å²) in [7, 11) is 0. The van der Waals surface area contributed by atoms with Gasteiger partial charge in [-0.1, -0.05) is 42.0 Å². The number of halogens is 1. The van der Waals surface area contributed by atoms with Gasteiger partial charge in [0.25, 0.3) is 0 Å². The van der Waals surface area contributed by atoms with Crippen molar-refractivity contribution >= 4 is 22.9 Å². The second kappa shape index (κ2) is 7.72. The van der Waals surface area contributed by atoms with Gasteiger partial charge in [0.2, 0.25) is 0 Å². The lowest BCUT2D eigenvalue weighted by Gasteiger charge is -2.02. The first-order valence-corrected chi connectivity index (χ1v) is 8.20. The maximum Gasteiger partial charge on any atom is 0.148 e. The highest BCUT2D eigenvalue weighted by molar-refractivity contribution is 7.14. The molecule has 0 saturated heterocycles. The summed E-state index contributed by atoms with van der Waals surface area (Å²) in [4.78, 5) is 0. The average molecular weight is 310 g/mol. The van der Waals surface area contributed by atoms with Gasteiger partial charge in [-0.15, -0.1) is 10.2 Å². The molecular formula is C15H20ClN3S. The van der Waals surface area contributed by atoms with E-state index in [4.69, 9.17) is 11.6 Å². The van der Waals surface area contributed by atoms with Gasteiger partial charge in [0, 0.05) is 17.0 Å². The number of hydrogen-bond acceptors (Lipinski definition) is 4. The lowest BCUT2D eigenvalue weighted by molar-refractivity contribution is 0.637. The van der Waals surface area contributed by atoms with E-state index in [-0.39, 0.29) is 0 Å². The first kappa shape index (κ1) is 15.4. The summed E-state index contributed by atoms with van der Waals surface area (Å²) in [6.07, 6.45) is 3.26. The zero-order valence-corrected chi connectivity index (χ0v) is 13.5. The van der Waals surface area contributed by atoms with Crippen molar-refractivity contribution in [3.8, 4) is 10.6 Å². The number of hydrogen-bond donors (Lipinski definition) is 1. The van der Waals surface area contributed by atoms with Gasteiger partial charge in [0.15, 0.2) is 0 Å². The molecule has 0 radical (unpaired) electrons. The van der Waals surface area contributed by atoms with Gasteiger partial charge in [-0.3, -0.25) is 0 Å². The average Bonchev–Trinajstić information content (AvgIpc) is 2.90. The highest BCUT2D eigenvalue weighted by Crippen LogP contribution is 2.30. The number of aryl methyl sites for hydroxylation is 1. The first-order chi connectivity index (χ1) is 9.72. The minimum atomic E-state index is 0.781. The van der Waals surface area contributed by atoms with Crippen LogP contribution in [-0.2, 0) is 6.42 Å². The minimum Gasteiger partial charge on any atom is -0.317 e. The Bertz CT molecular complexity index is 554. The Labute approximate surface area is 129 Å². The van der Waals surface area contributed by atoms with E-state index >= 15 is 0 Å². The summed E-state index contributed by atoms with van der Waals surface area (Å²) in [5, 5.41) is 14.8. The number of nitrogens with one attached hydrogen (secondary N) is 1. The predicted octanol–water partition coefficient (Wildman–Crippen LogP) is 4.10. The molecular weight excluding hydrogens is 290 g/mol. The van der Waals surface area contributed by atoms with Gasteiger partial charge in [-0.25, -0.2) is 0 Å². The van der Waals surface area contributed by atoms with Gasteiger partial charge < -0.3 is 5.32 Å². The molecule has 108 valence electrons. The van der Waals surface area contributed by atoms with Crippen molar-refractivity contribution in [1.29, 1.82) is 0 Å². The topological polar surface area (TPSA) is 37.8 Å². The fourth-order valence-corrected chi connectivity index (χ4v) is 3.11. The SMILES string of the molecule is CCCNCCCc1nnc(-c2cccc(Cl)c2C)s1. The fourth-order valence-electron chi connectivity index (χ4n) is 1.97. The van der Waals surface area contributed by atoms with Crippen LogP contribution in [0.3, 0.4) is 0 Å². The second-order valence-corrected chi connectivity index (χ2v) is 6.24. The standard InChI is InChI=1S/C15H20ClN3S/c1-3-9-17-10-5-8-14-18-19-15(20-14)12-6-4-7-13(16)11(12)2/h4,6-7,17H,3,5,8-10H2,1-2H3. The highest BCUT2D eigenvalue weighted by atomic mass is 35.5. The summed E-state index contributed by atoms with van der Waals surface area (Å²) in [5.74, 6) is 0. The molecule has 0 aliphatic heterocycles. The molecule has 20 heavy (non-hydrogen) atoms. The van der Waals surface area contributed by atoms with Gasteiger partial charge >= 0.3 is 0 Å². The van der Waals surface area contributed by atoms with Crippen molar-refractivity contribution in [1.82, 2.24) is 15.5 Å². The van der Waals surface area contributed by atoms with Crippen molar-refractivity contribution in [3.63, 3.8) is 0 Å². The molecule has 1 N–H and O–H groups in total. The normalized spacial score (nSPS) is 10.9. The molecule has 1 aromatic carbocycles. The molecule has 3 nitrogen and oxygen atoms in total. The third-order valence-electron chi connectivity index (χ3n) is 3.14. The molecule has 1 aromatic heterocycles. The summed E-state index contributed by atoms with van der Waals surface area (Å²) < 4.78 is 0. The molecule has 0 bridgehead atoms. The van der Waals surface area contributed by atoms with E-state index in [0.717, 1.165) is 52.1 Å². The van der Waals surface area contributed by atoms with Crippen LogP contribution in [0.5, 0.6) is 0 Å². The maximum atomic E-state index is 6.15. The van der Waals surface area contributed by atoms with Crippen LogP contribution in [0.1, 0.15) is 30.3 Å². The molecule has 1 heterocycles. The smallest absolute Gasteiger partial charge is 0.148 e. The Kier molecular flexibility index (Phi) is 5.95. The van der Waals surface area contributed by atoms with Crippen LogP contribution in [0.25, 0.3) is 10.6 Å². The fraction of sp³-hybridized carbons (Fsp3) is 0.467. The van der Waals surface area contributed by atoms with Gasteiger partial charge in [0.1, 0.15) is 10.0 Å². The Balaban J connectivity index is 1.97. The quantitative estimate of drug-likeness (QED) is 0.783. The van der Waals surface area contributed by atoms with Crippen molar-refractivity contribution < 1.29 is 0 Å². The lowest BCUT2D eigenvalue weighted by Crippen LogP contribution is -2.16. The van der Waals surface area contributed by atoms with Crippen LogP contribution in [0.4, 0.5) is 0 Å². The van der Waals surface area contributed by atoms with Crippen molar-refractivity contribution in [2.24, 2.45) is 0 Å².